The molecule has 4 heteroatoms. The molecule has 1 aromatic heterocycles. The van der Waals surface area contributed by atoms with Gasteiger partial charge in [0.25, 0.3) is 5.91 Å². The number of amides is 1. The van der Waals surface area contributed by atoms with E-state index in [2.05, 4.69) is 10.3 Å². The molecule has 0 bridgehead atoms. The van der Waals surface area contributed by atoms with Crippen LogP contribution in [0.2, 0.25) is 0 Å². The van der Waals surface area contributed by atoms with Gasteiger partial charge in [0.05, 0.1) is 0 Å². The van der Waals surface area contributed by atoms with Crippen LogP contribution in [0.4, 0.5) is 0 Å². The van der Waals surface area contributed by atoms with Crippen molar-refractivity contribution in [3.63, 3.8) is 0 Å². The summed E-state index contributed by atoms with van der Waals surface area (Å²) in [6, 6.07) is 1.93. The van der Waals surface area contributed by atoms with Crippen LogP contribution in [0.15, 0.2) is 18.5 Å². The Labute approximate surface area is 76.3 Å². The smallest absolute Gasteiger partial charge is 0.287 e. The summed E-state index contributed by atoms with van der Waals surface area (Å²) in [5, 5.41) is 2.52. The van der Waals surface area contributed by atoms with Gasteiger partial charge in [-0.2, -0.15) is 0 Å². The topological polar surface area (TPSA) is 62.0 Å². The average molecular weight is 180 g/mol. The number of carbonyl (C=O) groups excluding carboxylic acids is 2. The predicted molar refractivity (Wildman–Crippen MR) is 48.2 cm³/mol. The van der Waals surface area contributed by atoms with Gasteiger partial charge in [0, 0.05) is 25.9 Å². The zero-order valence-electron chi connectivity index (χ0n) is 7.46. The number of ketones is 1. The minimum absolute atomic E-state index is 0.450. The Bertz CT molecular complexity index is 291. The summed E-state index contributed by atoms with van der Waals surface area (Å²) in [6.45, 7) is 1.75. The molecule has 0 aromatic carbocycles. The van der Waals surface area contributed by atoms with E-state index in [0.717, 1.165) is 12.0 Å². The second kappa shape index (κ2) is 4.45. The molecule has 0 saturated carbocycles. The minimum atomic E-state index is -0.518. The molecule has 0 radical (unpaired) electrons. The van der Waals surface area contributed by atoms with Gasteiger partial charge >= 0.3 is 0 Å². The molecule has 0 unspecified atom stereocenters. The molecule has 0 fully saturated rings. The van der Waals surface area contributed by atoms with Crippen LogP contribution < -0.4 is 5.32 Å². The molecule has 1 heterocycles. The van der Waals surface area contributed by atoms with Crippen LogP contribution in [-0.4, -0.2) is 23.2 Å². The number of H-pyrrole nitrogens is 1. The Hall–Kier alpha value is -1.58. The molecular formula is C9H12N2O2. The van der Waals surface area contributed by atoms with Crippen molar-refractivity contribution in [2.45, 2.75) is 13.3 Å². The van der Waals surface area contributed by atoms with Crippen molar-refractivity contribution in [1.82, 2.24) is 10.3 Å². The zero-order valence-corrected chi connectivity index (χ0v) is 7.46. The lowest BCUT2D eigenvalue weighted by atomic mass is 10.2. The molecule has 0 atom stereocenters. The van der Waals surface area contributed by atoms with Crippen molar-refractivity contribution in [2.75, 3.05) is 6.54 Å². The molecule has 70 valence electrons. The third-order valence-electron chi connectivity index (χ3n) is 1.68. The van der Waals surface area contributed by atoms with Crippen molar-refractivity contribution in [3.8, 4) is 0 Å². The minimum Gasteiger partial charge on any atom is -0.367 e. The quantitative estimate of drug-likeness (QED) is 0.653. The lowest BCUT2D eigenvalue weighted by Gasteiger charge is -2.00. The Balaban J connectivity index is 2.22. The maximum atomic E-state index is 10.8. The van der Waals surface area contributed by atoms with Crippen molar-refractivity contribution < 1.29 is 9.59 Å². The number of hydrogen-bond acceptors (Lipinski definition) is 2. The fraction of sp³-hybridized carbons (Fsp3) is 0.333. The van der Waals surface area contributed by atoms with Crippen molar-refractivity contribution in [1.29, 1.82) is 0 Å². The van der Waals surface area contributed by atoms with E-state index in [1.54, 1.807) is 0 Å². The highest BCUT2D eigenvalue weighted by Gasteiger charge is 2.05. The highest BCUT2D eigenvalue weighted by Crippen LogP contribution is 1.95. The van der Waals surface area contributed by atoms with Crippen LogP contribution in [0.3, 0.4) is 0 Å². The largest absolute Gasteiger partial charge is 0.367 e. The van der Waals surface area contributed by atoms with Crippen LogP contribution in [0.1, 0.15) is 12.5 Å². The predicted octanol–water partition coefficient (Wildman–Crippen LogP) is 0.262. The maximum absolute atomic E-state index is 10.8. The van der Waals surface area contributed by atoms with Gasteiger partial charge in [-0.05, 0) is 18.1 Å². The van der Waals surface area contributed by atoms with Crippen LogP contribution in [0, 0.1) is 0 Å². The van der Waals surface area contributed by atoms with E-state index in [0.29, 0.717) is 6.54 Å². The average Bonchev–Trinajstić information content (AvgIpc) is 2.56. The third kappa shape index (κ3) is 3.11. The second-order valence-electron chi connectivity index (χ2n) is 2.78. The van der Waals surface area contributed by atoms with E-state index in [4.69, 9.17) is 0 Å². The summed E-state index contributed by atoms with van der Waals surface area (Å²) >= 11 is 0. The first-order valence-electron chi connectivity index (χ1n) is 4.10. The SMILES string of the molecule is CC(=O)C(=O)NCCc1cc[nH]c1. The molecule has 13 heavy (non-hydrogen) atoms. The van der Waals surface area contributed by atoms with Gasteiger partial charge < -0.3 is 10.3 Å². The van der Waals surface area contributed by atoms with E-state index < -0.39 is 11.7 Å². The number of Topliss-reactive ketones (excluding diaryl/α,β-unsaturated/α-hetero) is 1. The number of nitrogens with one attached hydrogen (secondary N) is 2. The summed E-state index contributed by atoms with van der Waals surface area (Å²) in [6.07, 6.45) is 4.42. The molecule has 0 saturated heterocycles. The molecular weight excluding hydrogens is 168 g/mol. The first-order valence-corrected chi connectivity index (χ1v) is 4.10. The number of rotatable bonds is 4. The lowest BCUT2D eigenvalue weighted by molar-refractivity contribution is -0.136. The molecule has 2 N–H and O–H groups in total. The molecule has 4 nitrogen and oxygen atoms in total. The first-order chi connectivity index (χ1) is 6.20. The van der Waals surface area contributed by atoms with Gasteiger partial charge in [0.1, 0.15) is 0 Å². The van der Waals surface area contributed by atoms with E-state index in [1.807, 2.05) is 18.5 Å². The van der Waals surface area contributed by atoms with Gasteiger partial charge in [-0.1, -0.05) is 0 Å². The number of carbonyl (C=O) groups is 2. The second-order valence-corrected chi connectivity index (χ2v) is 2.78. The fourth-order valence-electron chi connectivity index (χ4n) is 0.959. The molecule has 1 rings (SSSR count). The zero-order chi connectivity index (χ0) is 9.68. The van der Waals surface area contributed by atoms with E-state index in [-0.39, 0.29) is 0 Å². The van der Waals surface area contributed by atoms with Gasteiger partial charge in [-0.25, -0.2) is 0 Å². The van der Waals surface area contributed by atoms with Crippen molar-refractivity contribution in [3.05, 3.63) is 24.0 Å². The Morgan fingerprint density at radius 3 is 2.85 bits per heavy atom. The van der Waals surface area contributed by atoms with Crippen molar-refractivity contribution in [2.24, 2.45) is 0 Å². The summed E-state index contributed by atoms with van der Waals surface area (Å²) in [4.78, 5) is 24.2. The van der Waals surface area contributed by atoms with Gasteiger partial charge in [0.15, 0.2) is 0 Å². The molecule has 0 aliphatic heterocycles. The third-order valence-corrected chi connectivity index (χ3v) is 1.68. The molecule has 0 aliphatic carbocycles. The van der Waals surface area contributed by atoms with Gasteiger partial charge in [-0.3, -0.25) is 9.59 Å². The number of hydrogen-bond donors (Lipinski definition) is 2. The fourth-order valence-corrected chi connectivity index (χ4v) is 0.959. The Morgan fingerprint density at radius 2 is 2.31 bits per heavy atom. The summed E-state index contributed by atoms with van der Waals surface area (Å²) in [7, 11) is 0. The standard InChI is InChI=1S/C9H12N2O2/c1-7(12)9(13)11-5-3-8-2-4-10-6-8/h2,4,6,10H,3,5H2,1H3,(H,11,13). The Morgan fingerprint density at radius 1 is 1.54 bits per heavy atom. The van der Waals surface area contributed by atoms with E-state index in [1.165, 1.54) is 6.92 Å². The van der Waals surface area contributed by atoms with E-state index in [9.17, 15) is 9.59 Å². The van der Waals surface area contributed by atoms with Gasteiger partial charge in [0.2, 0.25) is 5.78 Å². The highest BCUT2D eigenvalue weighted by atomic mass is 16.2. The molecule has 1 aromatic rings. The molecule has 1 amide bonds. The summed E-state index contributed by atoms with van der Waals surface area (Å²) < 4.78 is 0. The Kier molecular flexibility index (Phi) is 3.25. The van der Waals surface area contributed by atoms with Crippen LogP contribution in [0.25, 0.3) is 0 Å². The van der Waals surface area contributed by atoms with Crippen LogP contribution >= 0.6 is 0 Å². The van der Waals surface area contributed by atoms with Crippen LogP contribution in [0.5, 0.6) is 0 Å². The van der Waals surface area contributed by atoms with Crippen LogP contribution in [-0.2, 0) is 16.0 Å². The lowest BCUT2D eigenvalue weighted by Crippen LogP contribution is -2.30. The van der Waals surface area contributed by atoms with Crippen molar-refractivity contribution >= 4 is 11.7 Å². The summed E-state index contributed by atoms with van der Waals surface area (Å²) in [5.41, 5.74) is 1.11. The van der Waals surface area contributed by atoms with Gasteiger partial charge in [-0.15, -0.1) is 0 Å². The normalized spacial score (nSPS) is 9.62. The first kappa shape index (κ1) is 9.51. The summed E-state index contributed by atoms with van der Waals surface area (Å²) in [5.74, 6) is -0.968. The number of aromatic amines is 1. The number of aromatic nitrogens is 1. The highest BCUT2D eigenvalue weighted by molar-refractivity contribution is 6.35. The molecule has 0 aliphatic rings. The monoisotopic (exact) mass is 180 g/mol. The molecule has 0 spiro atoms. The maximum Gasteiger partial charge on any atom is 0.287 e. The van der Waals surface area contributed by atoms with E-state index >= 15 is 0 Å².